The standard InChI is InChI=1S/C23H31ClN4O/c1-15-5-4-10-27(13-15)14-17(3)26-23(29)20-12-25-28(22(20)18-7-8-18)19-9-6-16(2)21(24)11-19/h6,9,11-12,15,17-18H,4-5,7-8,10,13-14H2,1-3H3,(H,26,29). The van der Waals surface area contributed by atoms with E-state index in [1.165, 1.54) is 12.8 Å². The van der Waals surface area contributed by atoms with E-state index in [4.69, 9.17) is 11.6 Å². The van der Waals surface area contributed by atoms with Crippen LogP contribution in [-0.4, -0.2) is 46.3 Å². The van der Waals surface area contributed by atoms with Crippen molar-refractivity contribution >= 4 is 17.5 Å². The molecule has 2 atom stereocenters. The second-order valence-electron chi connectivity index (χ2n) is 8.94. The molecule has 2 unspecified atom stereocenters. The van der Waals surface area contributed by atoms with E-state index in [0.717, 1.165) is 60.4 Å². The highest BCUT2D eigenvalue weighted by Crippen LogP contribution is 2.42. The fourth-order valence-corrected chi connectivity index (χ4v) is 4.56. The van der Waals surface area contributed by atoms with E-state index in [0.29, 0.717) is 11.5 Å². The third-order valence-corrected chi connectivity index (χ3v) is 6.47. The maximum Gasteiger partial charge on any atom is 0.255 e. The zero-order chi connectivity index (χ0) is 20.5. The monoisotopic (exact) mass is 414 g/mol. The average Bonchev–Trinajstić information content (AvgIpc) is 3.41. The smallest absolute Gasteiger partial charge is 0.255 e. The molecular weight excluding hydrogens is 384 g/mol. The van der Waals surface area contributed by atoms with Gasteiger partial charge in [0, 0.05) is 30.1 Å². The number of benzene rings is 1. The van der Waals surface area contributed by atoms with Crippen LogP contribution in [0.15, 0.2) is 24.4 Å². The molecule has 5 nitrogen and oxygen atoms in total. The van der Waals surface area contributed by atoms with E-state index >= 15 is 0 Å². The van der Waals surface area contributed by atoms with Gasteiger partial charge in [0.05, 0.1) is 23.1 Å². The van der Waals surface area contributed by atoms with Crippen LogP contribution in [0.3, 0.4) is 0 Å². The third-order valence-electron chi connectivity index (χ3n) is 6.07. The second-order valence-corrected chi connectivity index (χ2v) is 9.35. The first-order valence-corrected chi connectivity index (χ1v) is 11.2. The quantitative estimate of drug-likeness (QED) is 0.753. The van der Waals surface area contributed by atoms with Gasteiger partial charge in [0.2, 0.25) is 0 Å². The lowest BCUT2D eigenvalue weighted by Crippen LogP contribution is -2.45. The Morgan fingerprint density at radius 2 is 2.14 bits per heavy atom. The SMILES string of the molecule is Cc1ccc(-n2ncc(C(=O)NC(C)CN3CCCC(C)C3)c2C2CC2)cc1Cl. The number of carbonyl (C=O) groups is 1. The number of aromatic nitrogens is 2. The Labute approximate surface area is 178 Å². The molecule has 0 spiro atoms. The van der Waals surface area contributed by atoms with Crippen LogP contribution in [0.5, 0.6) is 0 Å². The van der Waals surface area contributed by atoms with Crippen molar-refractivity contribution in [1.82, 2.24) is 20.0 Å². The largest absolute Gasteiger partial charge is 0.348 e. The minimum absolute atomic E-state index is 0.0195. The van der Waals surface area contributed by atoms with Gasteiger partial charge in [0.1, 0.15) is 0 Å². The molecule has 1 aromatic heterocycles. The summed E-state index contributed by atoms with van der Waals surface area (Å²) in [7, 11) is 0. The molecule has 2 aliphatic rings. The molecule has 1 amide bonds. The molecule has 2 aromatic rings. The number of piperidine rings is 1. The Morgan fingerprint density at radius 3 is 2.83 bits per heavy atom. The summed E-state index contributed by atoms with van der Waals surface area (Å²) < 4.78 is 1.90. The average molecular weight is 415 g/mol. The first kappa shape index (κ1) is 20.4. The predicted molar refractivity (Wildman–Crippen MR) is 117 cm³/mol. The summed E-state index contributed by atoms with van der Waals surface area (Å²) in [6, 6.07) is 6.05. The zero-order valence-electron chi connectivity index (χ0n) is 17.6. The molecule has 2 fully saturated rings. The molecule has 1 aromatic carbocycles. The lowest BCUT2D eigenvalue weighted by molar-refractivity contribution is 0.0919. The van der Waals surface area contributed by atoms with Crippen molar-refractivity contribution in [3.63, 3.8) is 0 Å². The van der Waals surface area contributed by atoms with Crippen LogP contribution in [0.2, 0.25) is 5.02 Å². The van der Waals surface area contributed by atoms with Gasteiger partial charge < -0.3 is 10.2 Å². The predicted octanol–water partition coefficient (Wildman–Crippen LogP) is 4.56. The number of hydrogen-bond acceptors (Lipinski definition) is 3. The number of rotatable bonds is 6. The van der Waals surface area contributed by atoms with Crippen molar-refractivity contribution < 1.29 is 4.79 Å². The van der Waals surface area contributed by atoms with Gasteiger partial charge >= 0.3 is 0 Å². The van der Waals surface area contributed by atoms with Crippen LogP contribution in [0.4, 0.5) is 0 Å². The van der Waals surface area contributed by atoms with E-state index in [-0.39, 0.29) is 11.9 Å². The molecule has 156 valence electrons. The summed E-state index contributed by atoms with van der Waals surface area (Å²) in [5.74, 6) is 1.12. The van der Waals surface area contributed by atoms with Crippen LogP contribution in [0.25, 0.3) is 5.69 Å². The van der Waals surface area contributed by atoms with Crippen molar-refractivity contribution in [2.45, 2.75) is 58.4 Å². The number of nitrogens with zero attached hydrogens (tertiary/aromatic N) is 3. The Bertz CT molecular complexity index is 889. The van der Waals surface area contributed by atoms with Crippen LogP contribution >= 0.6 is 11.6 Å². The van der Waals surface area contributed by atoms with Crippen LogP contribution in [-0.2, 0) is 0 Å². The van der Waals surface area contributed by atoms with Gasteiger partial charge in [-0.3, -0.25) is 4.79 Å². The lowest BCUT2D eigenvalue weighted by atomic mass is 10.00. The van der Waals surface area contributed by atoms with E-state index in [9.17, 15) is 4.79 Å². The molecule has 29 heavy (non-hydrogen) atoms. The van der Waals surface area contributed by atoms with Gasteiger partial charge in [-0.05, 0) is 69.7 Å². The molecule has 0 radical (unpaired) electrons. The molecule has 1 N–H and O–H groups in total. The molecule has 6 heteroatoms. The fraction of sp³-hybridized carbons (Fsp3) is 0.565. The summed E-state index contributed by atoms with van der Waals surface area (Å²) >= 11 is 6.33. The normalized spacial score (nSPS) is 21.2. The van der Waals surface area contributed by atoms with Crippen molar-refractivity contribution in [2.75, 3.05) is 19.6 Å². The highest BCUT2D eigenvalue weighted by molar-refractivity contribution is 6.31. The minimum Gasteiger partial charge on any atom is -0.348 e. The van der Waals surface area contributed by atoms with Gasteiger partial charge in [-0.2, -0.15) is 5.10 Å². The van der Waals surface area contributed by atoms with Gasteiger partial charge in [0.15, 0.2) is 0 Å². The number of amides is 1. The number of halogens is 1. The first-order chi connectivity index (χ1) is 13.9. The van der Waals surface area contributed by atoms with E-state index in [2.05, 4.69) is 29.2 Å². The van der Waals surface area contributed by atoms with E-state index in [1.807, 2.05) is 29.8 Å². The van der Waals surface area contributed by atoms with Crippen LogP contribution < -0.4 is 5.32 Å². The molecular formula is C23H31ClN4O. The van der Waals surface area contributed by atoms with Crippen molar-refractivity contribution in [3.05, 3.63) is 46.2 Å². The highest BCUT2D eigenvalue weighted by atomic mass is 35.5. The first-order valence-electron chi connectivity index (χ1n) is 10.8. The Kier molecular flexibility index (Phi) is 5.98. The van der Waals surface area contributed by atoms with Crippen LogP contribution in [0.1, 0.15) is 67.1 Å². The summed E-state index contributed by atoms with van der Waals surface area (Å²) in [6.07, 6.45) is 6.48. The molecule has 1 aliphatic heterocycles. The Morgan fingerprint density at radius 1 is 1.34 bits per heavy atom. The second kappa shape index (κ2) is 8.49. The molecule has 4 rings (SSSR count). The molecule has 2 heterocycles. The van der Waals surface area contributed by atoms with E-state index < -0.39 is 0 Å². The molecule has 1 aliphatic carbocycles. The minimum atomic E-state index is -0.0195. The van der Waals surface area contributed by atoms with Gasteiger partial charge in [-0.15, -0.1) is 0 Å². The Balaban J connectivity index is 1.50. The van der Waals surface area contributed by atoms with Crippen molar-refractivity contribution in [2.24, 2.45) is 5.92 Å². The Hall–Kier alpha value is -1.85. The number of carbonyl (C=O) groups excluding carboxylic acids is 1. The van der Waals surface area contributed by atoms with Gasteiger partial charge in [-0.25, -0.2) is 4.68 Å². The highest BCUT2D eigenvalue weighted by Gasteiger charge is 2.33. The maximum absolute atomic E-state index is 13.1. The molecule has 0 bridgehead atoms. The summed E-state index contributed by atoms with van der Waals surface area (Å²) in [5.41, 5.74) is 3.66. The summed E-state index contributed by atoms with van der Waals surface area (Å²) in [4.78, 5) is 15.5. The molecule has 1 saturated heterocycles. The number of likely N-dealkylation sites (tertiary alicyclic amines) is 1. The molecule has 1 saturated carbocycles. The fourth-order valence-electron chi connectivity index (χ4n) is 4.39. The topological polar surface area (TPSA) is 50.2 Å². The number of aryl methyl sites for hydroxylation is 1. The lowest BCUT2D eigenvalue weighted by Gasteiger charge is -2.32. The summed E-state index contributed by atoms with van der Waals surface area (Å²) in [5, 5.41) is 8.48. The van der Waals surface area contributed by atoms with Gasteiger partial charge in [0.25, 0.3) is 5.91 Å². The van der Waals surface area contributed by atoms with E-state index in [1.54, 1.807) is 6.20 Å². The van der Waals surface area contributed by atoms with Gasteiger partial charge in [-0.1, -0.05) is 24.6 Å². The van der Waals surface area contributed by atoms with Crippen molar-refractivity contribution in [1.29, 1.82) is 0 Å². The maximum atomic E-state index is 13.1. The van der Waals surface area contributed by atoms with Crippen molar-refractivity contribution in [3.8, 4) is 5.69 Å². The third kappa shape index (κ3) is 4.67. The zero-order valence-corrected chi connectivity index (χ0v) is 18.4. The number of nitrogens with one attached hydrogen (secondary N) is 1. The number of hydrogen-bond donors (Lipinski definition) is 1. The summed E-state index contributed by atoms with van der Waals surface area (Å²) in [6.45, 7) is 9.54. The van der Waals surface area contributed by atoms with Crippen LogP contribution in [0, 0.1) is 12.8 Å².